The number of rotatable bonds is 6. The van der Waals surface area contributed by atoms with E-state index in [4.69, 9.17) is 4.42 Å². The van der Waals surface area contributed by atoms with Gasteiger partial charge in [0.2, 0.25) is 0 Å². The molecule has 0 saturated heterocycles. The largest absolute Gasteiger partial charge is 0.440 e. The maximum atomic E-state index is 5.83. The van der Waals surface area contributed by atoms with Crippen molar-refractivity contribution in [1.29, 1.82) is 0 Å². The summed E-state index contributed by atoms with van der Waals surface area (Å²) >= 11 is 3.54. The molecule has 0 aliphatic heterocycles. The van der Waals surface area contributed by atoms with Crippen molar-refractivity contribution < 1.29 is 4.42 Å². The fraction of sp³-hybridized carbons (Fsp3) is 0.357. The molecule has 0 radical (unpaired) electrons. The van der Waals surface area contributed by atoms with E-state index in [0.717, 1.165) is 37.6 Å². The van der Waals surface area contributed by atoms with Crippen LogP contribution in [0.4, 0.5) is 0 Å². The Morgan fingerprint density at radius 3 is 3.16 bits per heavy atom. The van der Waals surface area contributed by atoms with Gasteiger partial charge in [-0.1, -0.05) is 6.92 Å². The van der Waals surface area contributed by atoms with Gasteiger partial charge in [0.1, 0.15) is 0 Å². The van der Waals surface area contributed by atoms with Gasteiger partial charge in [0, 0.05) is 15.8 Å². The van der Waals surface area contributed by atoms with Crippen LogP contribution in [0.2, 0.25) is 0 Å². The summed E-state index contributed by atoms with van der Waals surface area (Å²) in [5, 5.41) is 5.43. The van der Waals surface area contributed by atoms with Crippen molar-refractivity contribution in [3.8, 4) is 10.6 Å². The van der Waals surface area contributed by atoms with Crippen LogP contribution < -0.4 is 5.32 Å². The molecule has 3 rings (SSSR count). The van der Waals surface area contributed by atoms with Crippen LogP contribution in [-0.2, 0) is 6.42 Å². The van der Waals surface area contributed by atoms with Crippen LogP contribution in [0.5, 0.6) is 0 Å². The van der Waals surface area contributed by atoms with Gasteiger partial charge in [0.15, 0.2) is 11.7 Å². The van der Waals surface area contributed by atoms with Crippen LogP contribution in [0.3, 0.4) is 0 Å². The summed E-state index contributed by atoms with van der Waals surface area (Å²) in [6.45, 7) is 4.15. The number of oxazole rings is 1. The zero-order valence-electron chi connectivity index (χ0n) is 10.8. The molecule has 0 spiro atoms. The van der Waals surface area contributed by atoms with Crippen LogP contribution in [-0.4, -0.2) is 18.1 Å². The second kappa shape index (κ2) is 5.86. The number of nitrogens with zero attached hydrogens (tertiary/aromatic N) is 1. The van der Waals surface area contributed by atoms with Crippen molar-refractivity contribution in [2.75, 3.05) is 13.1 Å². The molecule has 5 heteroatoms. The number of hydrogen-bond acceptors (Lipinski definition) is 5. The lowest BCUT2D eigenvalue weighted by Crippen LogP contribution is -2.14. The van der Waals surface area contributed by atoms with Gasteiger partial charge in [-0.25, -0.2) is 4.98 Å². The highest BCUT2D eigenvalue weighted by molar-refractivity contribution is 7.28. The summed E-state index contributed by atoms with van der Waals surface area (Å²) in [4.78, 5) is 5.53. The molecule has 1 N–H and O–H groups in total. The number of aromatic nitrogens is 1. The van der Waals surface area contributed by atoms with Crippen LogP contribution in [0.25, 0.3) is 20.0 Å². The number of nitrogens with one attached hydrogen (secondary N) is 1. The summed E-state index contributed by atoms with van der Waals surface area (Å²) in [7, 11) is 0. The van der Waals surface area contributed by atoms with Crippen LogP contribution >= 0.6 is 22.7 Å². The number of thiophene rings is 2. The van der Waals surface area contributed by atoms with E-state index < -0.39 is 0 Å². The van der Waals surface area contributed by atoms with Gasteiger partial charge in [-0.05, 0) is 37.0 Å². The standard InChI is InChI=1S/C14H16N2OS2/c1-2-15-6-3-4-14-16-9-10(17-14)12-8-13-11(19-12)5-7-18-13/h5,7-9,15H,2-4,6H2,1H3. The Morgan fingerprint density at radius 2 is 2.32 bits per heavy atom. The van der Waals surface area contributed by atoms with E-state index in [0.29, 0.717) is 0 Å². The summed E-state index contributed by atoms with van der Waals surface area (Å²) < 4.78 is 8.47. The molecule has 3 heterocycles. The van der Waals surface area contributed by atoms with Gasteiger partial charge in [0.05, 0.1) is 11.1 Å². The molecule has 0 aliphatic rings. The van der Waals surface area contributed by atoms with E-state index in [1.165, 1.54) is 14.3 Å². The van der Waals surface area contributed by atoms with Gasteiger partial charge in [-0.2, -0.15) is 0 Å². The van der Waals surface area contributed by atoms with E-state index in [2.05, 4.69) is 34.7 Å². The Morgan fingerprint density at radius 1 is 1.37 bits per heavy atom. The summed E-state index contributed by atoms with van der Waals surface area (Å²) in [5.74, 6) is 1.73. The van der Waals surface area contributed by atoms with Gasteiger partial charge in [-0.15, -0.1) is 22.7 Å². The normalized spacial score (nSPS) is 11.4. The van der Waals surface area contributed by atoms with Crippen molar-refractivity contribution in [3.63, 3.8) is 0 Å². The van der Waals surface area contributed by atoms with E-state index in [1.807, 2.05) is 6.20 Å². The van der Waals surface area contributed by atoms with E-state index >= 15 is 0 Å². The average molecular weight is 292 g/mol. The van der Waals surface area contributed by atoms with Crippen molar-refractivity contribution in [3.05, 3.63) is 29.6 Å². The summed E-state index contributed by atoms with van der Waals surface area (Å²) in [6.07, 6.45) is 3.80. The van der Waals surface area contributed by atoms with Crippen LogP contribution in [0.15, 0.2) is 28.1 Å². The molecule has 3 nitrogen and oxygen atoms in total. The van der Waals surface area contributed by atoms with Crippen molar-refractivity contribution in [2.24, 2.45) is 0 Å². The molecular weight excluding hydrogens is 276 g/mol. The second-order valence-electron chi connectivity index (χ2n) is 4.34. The third kappa shape index (κ3) is 2.88. The molecular formula is C14H16N2OS2. The summed E-state index contributed by atoms with van der Waals surface area (Å²) in [6, 6.07) is 4.34. The van der Waals surface area contributed by atoms with Gasteiger partial charge < -0.3 is 9.73 Å². The number of fused-ring (bicyclic) bond motifs is 1. The highest BCUT2D eigenvalue weighted by Crippen LogP contribution is 2.36. The lowest BCUT2D eigenvalue weighted by molar-refractivity contribution is 0.494. The molecule has 0 fully saturated rings. The molecule has 0 aromatic carbocycles. The molecule has 0 aliphatic carbocycles. The highest BCUT2D eigenvalue weighted by atomic mass is 32.1. The van der Waals surface area contributed by atoms with Crippen molar-refractivity contribution in [2.45, 2.75) is 19.8 Å². The monoisotopic (exact) mass is 292 g/mol. The molecule has 19 heavy (non-hydrogen) atoms. The minimum atomic E-state index is 0.838. The van der Waals surface area contributed by atoms with Gasteiger partial charge >= 0.3 is 0 Å². The first-order valence-electron chi connectivity index (χ1n) is 6.49. The smallest absolute Gasteiger partial charge is 0.194 e. The SMILES string of the molecule is CCNCCCc1ncc(-c2cc3sccc3s2)o1. The van der Waals surface area contributed by atoms with Gasteiger partial charge in [-0.3, -0.25) is 0 Å². The number of aryl methyl sites for hydroxylation is 1. The lowest BCUT2D eigenvalue weighted by atomic mass is 10.3. The molecule has 0 unspecified atom stereocenters. The Labute approximate surface area is 120 Å². The Balaban J connectivity index is 1.68. The zero-order chi connectivity index (χ0) is 13.1. The molecule has 100 valence electrons. The maximum absolute atomic E-state index is 5.83. The highest BCUT2D eigenvalue weighted by Gasteiger charge is 2.10. The van der Waals surface area contributed by atoms with Gasteiger partial charge in [0.25, 0.3) is 0 Å². The predicted octanol–water partition coefficient (Wildman–Crippen LogP) is 4.16. The first kappa shape index (κ1) is 12.8. The molecule has 3 aromatic heterocycles. The maximum Gasteiger partial charge on any atom is 0.194 e. The molecule has 3 aromatic rings. The average Bonchev–Trinajstić information content (AvgIpc) is 3.08. The summed E-state index contributed by atoms with van der Waals surface area (Å²) in [5.41, 5.74) is 0. The first-order valence-corrected chi connectivity index (χ1v) is 8.19. The van der Waals surface area contributed by atoms with E-state index in [-0.39, 0.29) is 0 Å². The predicted molar refractivity (Wildman–Crippen MR) is 82.1 cm³/mol. The molecule has 0 atom stereocenters. The minimum Gasteiger partial charge on any atom is -0.440 e. The molecule has 0 amide bonds. The first-order chi connectivity index (χ1) is 9.36. The quantitative estimate of drug-likeness (QED) is 0.693. The van der Waals surface area contributed by atoms with E-state index in [9.17, 15) is 0 Å². The third-order valence-corrected chi connectivity index (χ3v) is 5.04. The third-order valence-electron chi connectivity index (χ3n) is 2.93. The Hall–Kier alpha value is -1.17. The van der Waals surface area contributed by atoms with Crippen molar-refractivity contribution in [1.82, 2.24) is 10.3 Å². The molecule has 0 saturated carbocycles. The minimum absolute atomic E-state index is 0.838. The Kier molecular flexibility index (Phi) is 3.96. The number of hydrogen-bond donors (Lipinski definition) is 1. The topological polar surface area (TPSA) is 38.1 Å². The zero-order valence-corrected chi connectivity index (χ0v) is 12.4. The fourth-order valence-corrected chi connectivity index (χ4v) is 4.02. The lowest BCUT2D eigenvalue weighted by Gasteiger charge is -1.98. The van der Waals surface area contributed by atoms with Crippen LogP contribution in [0, 0.1) is 0 Å². The Bertz CT molecular complexity index is 625. The van der Waals surface area contributed by atoms with Crippen molar-refractivity contribution >= 4 is 32.1 Å². The fourth-order valence-electron chi connectivity index (χ4n) is 1.97. The molecule has 0 bridgehead atoms. The van der Waals surface area contributed by atoms with Crippen LogP contribution in [0.1, 0.15) is 19.2 Å². The second-order valence-corrected chi connectivity index (χ2v) is 6.37. The van der Waals surface area contributed by atoms with E-state index in [1.54, 1.807) is 22.7 Å².